The van der Waals surface area contributed by atoms with Crippen LogP contribution in [0.4, 0.5) is 0 Å². The average molecular weight is 399 g/mol. The average Bonchev–Trinajstić information content (AvgIpc) is 3.08. The number of hydrogen-bond donors (Lipinski definition) is 4. The topological polar surface area (TPSA) is 142 Å². The number of nitrogens with one attached hydrogen (secondary N) is 2. The van der Waals surface area contributed by atoms with Crippen molar-refractivity contribution in [3.8, 4) is 0 Å². The van der Waals surface area contributed by atoms with E-state index in [1.807, 2.05) is 27.7 Å². The Kier molecular flexibility index (Phi) is 8.87. The standard InChI is InChI=1S/C19H34N4O5/c1-10(2)9-13(19(27)28)22-16(24)12(5)21-17(25)14-7-6-8-23(14)18(26)15(20)11(3)4/h10-15H,6-9,20H2,1-5H3,(H,21,25)(H,22,24)(H,27,28)/t12-,13+,14-,15+/m1/s1. The number of carbonyl (C=O) groups is 4. The van der Waals surface area contributed by atoms with Crippen LogP contribution in [0.25, 0.3) is 0 Å². The molecule has 0 unspecified atom stereocenters. The second-order valence-corrected chi connectivity index (χ2v) is 8.22. The van der Waals surface area contributed by atoms with Crippen molar-refractivity contribution in [2.24, 2.45) is 17.6 Å². The van der Waals surface area contributed by atoms with Crippen molar-refractivity contribution < 1.29 is 24.3 Å². The van der Waals surface area contributed by atoms with Crippen LogP contribution in [0.2, 0.25) is 0 Å². The largest absolute Gasteiger partial charge is 0.480 e. The van der Waals surface area contributed by atoms with E-state index in [-0.39, 0.29) is 17.7 Å². The minimum absolute atomic E-state index is 0.0459. The highest BCUT2D eigenvalue weighted by Crippen LogP contribution is 2.20. The van der Waals surface area contributed by atoms with E-state index in [0.717, 1.165) is 0 Å². The smallest absolute Gasteiger partial charge is 0.326 e. The molecular formula is C19H34N4O5. The molecule has 0 aromatic carbocycles. The summed E-state index contributed by atoms with van der Waals surface area (Å²) in [5.74, 6) is -2.34. The molecule has 1 heterocycles. The normalized spacial score (nSPS) is 20.0. The lowest BCUT2D eigenvalue weighted by Gasteiger charge is -2.29. The monoisotopic (exact) mass is 398 g/mol. The van der Waals surface area contributed by atoms with E-state index in [2.05, 4.69) is 10.6 Å². The number of carbonyl (C=O) groups excluding carboxylic acids is 3. The SMILES string of the molecule is CC(C)C[C@H](NC(=O)[C@@H](C)NC(=O)[C@H]1CCCN1C(=O)[C@@H](N)C(C)C)C(=O)O. The first-order valence-corrected chi connectivity index (χ1v) is 9.85. The number of likely N-dealkylation sites (tertiary alicyclic amines) is 1. The zero-order valence-corrected chi connectivity index (χ0v) is 17.4. The molecule has 0 bridgehead atoms. The lowest BCUT2D eigenvalue weighted by molar-refractivity contribution is -0.143. The lowest BCUT2D eigenvalue weighted by atomic mass is 10.0. The Morgan fingerprint density at radius 1 is 1.11 bits per heavy atom. The molecule has 0 aromatic heterocycles. The van der Waals surface area contributed by atoms with Crippen LogP contribution in [0.5, 0.6) is 0 Å². The van der Waals surface area contributed by atoms with Crippen LogP contribution in [0.1, 0.15) is 53.9 Å². The van der Waals surface area contributed by atoms with Crippen molar-refractivity contribution >= 4 is 23.7 Å². The van der Waals surface area contributed by atoms with Crippen molar-refractivity contribution in [1.82, 2.24) is 15.5 Å². The summed E-state index contributed by atoms with van der Waals surface area (Å²) in [5.41, 5.74) is 5.93. The molecule has 1 saturated heterocycles. The van der Waals surface area contributed by atoms with Crippen molar-refractivity contribution in [3.05, 3.63) is 0 Å². The molecule has 0 spiro atoms. The predicted octanol–water partition coefficient (Wildman–Crippen LogP) is 0.0809. The molecule has 0 aliphatic carbocycles. The highest BCUT2D eigenvalue weighted by atomic mass is 16.4. The number of rotatable bonds is 9. The van der Waals surface area contributed by atoms with E-state index in [1.165, 1.54) is 11.8 Å². The van der Waals surface area contributed by atoms with Gasteiger partial charge in [-0.1, -0.05) is 27.7 Å². The zero-order valence-electron chi connectivity index (χ0n) is 17.4. The first-order valence-electron chi connectivity index (χ1n) is 9.85. The Labute approximate surface area is 166 Å². The van der Waals surface area contributed by atoms with Crippen LogP contribution in [-0.4, -0.2) is 64.4 Å². The molecule has 1 aliphatic rings. The van der Waals surface area contributed by atoms with E-state index >= 15 is 0 Å². The minimum Gasteiger partial charge on any atom is -0.480 e. The van der Waals surface area contributed by atoms with Crippen molar-refractivity contribution in [3.63, 3.8) is 0 Å². The molecule has 0 saturated carbocycles. The van der Waals surface area contributed by atoms with E-state index < -0.39 is 42.0 Å². The second kappa shape index (κ2) is 10.4. The maximum Gasteiger partial charge on any atom is 0.326 e. The second-order valence-electron chi connectivity index (χ2n) is 8.22. The molecule has 0 radical (unpaired) electrons. The highest BCUT2D eigenvalue weighted by Gasteiger charge is 2.37. The number of nitrogens with zero attached hydrogens (tertiary/aromatic N) is 1. The number of aliphatic carboxylic acids is 1. The molecule has 1 rings (SSSR count). The van der Waals surface area contributed by atoms with E-state index in [9.17, 15) is 24.3 Å². The lowest BCUT2D eigenvalue weighted by Crippen LogP contribution is -2.56. The van der Waals surface area contributed by atoms with Gasteiger partial charge in [-0.2, -0.15) is 0 Å². The van der Waals surface area contributed by atoms with E-state index in [4.69, 9.17) is 5.73 Å². The quantitative estimate of drug-likeness (QED) is 0.433. The maximum absolute atomic E-state index is 12.6. The molecule has 0 aromatic rings. The Morgan fingerprint density at radius 2 is 1.71 bits per heavy atom. The minimum atomic E-state index is -1.11. The fraction of sp³-hybridized carbons (Fsp3) is 0.789. The summed E-state index contributed by atoms with van der Waals surface area (Å²) in [6, 6.07) is -3.28. The van der Waals surface area contributed by atoms with Crippen molar-refractivity contribution in [1.29, 1.82) is 0 Å². The number of nitrogens with two attached hydrogens (primary N) is 1. The molecule has 28 heavy (non-hydrogen) atoms. The summed E-state index contributed by atoms with van der Waals surface area (Å²) >= 11 is 0. The van der Waals surface area contributed by atoms with E-state index in [1.54, 1.807) is 0 Å². The molecule has 1 fully saturated rings. The summed E-state index contributed by atoms with van der Waals surface area (Å²) in [6.45, 7) is 9.35. The summed E-state index contributed by atoms with van der Waals surface area (Å²) in [7, 11) is 0. The van der Waals surface area contributed by atoms with Gasteiger partial charge in [0.15, 0.2) is 0 Å². The van der Waals surface area contributed by atoms with Crippen molar-refractivity contribution in [2.45, 2.75) is 78.0 Å². The Hall–Kier alpha value is -2.16. The molecule has 3 amide bonds. The van der Waals surface area contributed by atoms with Gasteiger partial charge in [0, 0.05) is 6.54 Å². The molecule has 5 N–H and O–H groups in total. The number of carboxylic acid groups (broad SMARTS) is 1. The molecule has 160 valence electrons. The Morgan fingerprint density at radius 3 is 2.21 bits per heavy atom. The Bertz CT molecular complexity index is 593. The van der Waals surface area contributed by atoms with Crippen LogP contribution in [0, 0.1) is 11.8 Å². The van der Waals surface area contributed by atoms with Crippen LogP contribution in [-0.2, 0) is 19.2 Å². The number of amides is 3. The Balaban J connectivity index is 2.70. The third kappa shape index (κ3) is 6.47. The van der Waals surface area contributed by atoms with Gasteiger partial charge in [0.2, 0.25) is 17.7 Å². The van der Waals surface area contributed by atoms with Crippen LogP contribution in [0.15, 0.2) is 0 Å². The van der Waals surface area contributed by atoms with Crippen LogP contribution in [0.3, 0.4) is 0 Å². The molecule has 1 aliphatic heterocycles. The summed E-state index contributed by atoms with van der Waals surface area (Å²) in [4.78, 5) is 50.2. The van der Waals surface area contributed by atoms with Gasteiger partial charge in [-0.05, 0) is 38.0 Å². The first kappa shape index (κ1) is 23.9. The van der Waals surface area contributed by atoms with Gasteiger partial charge >= 0.3 is 5.97 Å². The van der Waals surface area contributed by atoms with Gasteiger partial charge in [0.1, 0.15) is 18.1 Å². The van der Waals surface area contributed by atoms with Gasteiger partial charge in [0.25, 0.3) is 0 Å². The van der Waals surface area contributed by atoms with Gasteiger partial charge in [-0.15, -0.1) is 0 Å². The maximum atomic E-state index is 12.6. The van der Waals surface area contributed by atoms with E-state index in [0.29, 0.717) is 25.8 Å². The van der Waals surface area contributed by atoms with Gasteiger partial charge in [-0.25, -0.2) is 4.79 Å². The molecular weight excluding hydrogens is 364 g/mol. The summed E-state index contributed by atoms with van der Waals surface area (Å²) in [6.07, 6.45) is 1.48. The van der Waals surface area contributed by atoms with Gasteiger partial charge in [0.05, 0.1) is 6.04 Å². The fourth-order valence-corrected chi connectivity index (χ4v) is 3.14. The zero-order chi connectivity index (χ0) is 21.6. The first-order chi connectivity index (χ1) is 13.0. The molecule has 9 nitrogen and oxygen atoms in total. The predicted molar refractivity (Wildman–Crippen MR) is 104 cm³/mol. The molecule has 9 heteroatoms. The fourth-order valence-electron chi connectivity index (χ4n) is 3.14. The number of hydrogen-bond acceptors (Lipinski definition) is 5. The third-order valence-corrected chi connectivity index (χ3v) is 4.92. The van der Waals surface area contributed by atoms with Crippen molar-refractivity contribution in [2.75, 3.05) is 6.54 Å². The van der Waals surface area contributed by atoms with Gasteiger partial charge < -0.3 is 26.4 Å². The van der Waals surface area contributed by atoms with Crippen LogP contribution < -0.4 is 16.4 Å². The summed E-state index contributed by atoms with van der Waals surface area (Å²) < 4.78 is 0. The highest BCUT2D eigenvalue weighted by molar-refractivity contribution is 5.94. The third-order valence-electron chi connectivity index (χ3n) is 4.92. The summed E-state index contributed by atoms with van der Waals surface area (Å²) in [5, 5.41) is 14.3. The van der Waals surface area contributed by atoms with Gasteiger partial charge in [-0.3, -0.25) is 14.4 Å². The molecule has 4 atom stereocenters. The van der Waals surface area contributed by atoms with Crippen LogP contribution >= 0.6 is 0 Å². The number of carboxylic acids is 1.